The predicted octanol–water partition coefficient (Wildman–Crippen LogP) is 5.10. The van der Waals surface area contributed by atoms with Crippen molar-refractivity contribution in [3.63, 3.8) is 0 Å². The molecule has 0 amide bonds. The monoisotopic (exact) mass is 386 g/mol. The maximum atomic E-state index is 6.00. The number of anilines is 3. The van der Waals surface area contributed by atoms with Gasteiger partial charge in [0.1, 0.15) is 11.6 Å². The number of nitrogens with zero attached hydrogens (tertiary/aromatic N) is 3. The zero-order valence-electron chi connectivity index (χ0n) is 16.7. The van der Waals surface area contributed by atoms with E-state index in [1.165, 1.54) is 24.0 Å². The lowest BCUT2D eigenvalue weighted by Gasteiger charge is -2.28. The van der Waals surface area contributed by atoms with Gasteiger partial charge in [-0.3, -0.25) is 4.98 Å². The van der Waals surface area contributed by atoms with Crippen LogP contribution >= 0.6 is 0 Å². The fourth-order valence-electron chi connectivity index (χ4n) is 3.97. The van der Waals surface area contributed by atoms with E-state index in [4.69, 9.17) is 4.74 Å². The average molecular weight is 386 g/mol. The summed E-state index contributed by atoms with van der Waals surface area (Å²) >= 11 is 0. The highest BCUT2D eigenvalue weighted by Crippen LogP contribution is 2.41. The first kappa shape index (κ1) is 18.0. The van der Waals surface area contributed by atoms with E-state index in [1.807, 2.05) is 24.5 Å². The van der Waals surface area contributed by atoms with Gasteiger partial charge in [-0.2, -0.15) is 0 Å². The second kappa shape index (κ2) is 7.74. The predicted molar refractivity (Wildman–Crippen MR) is 116 cm³/mol. The summed E-state index contributed by atoms with van der Waals surface area (Å²) in [7, 11) is 2.06. The van der Waals surface area contributed by atoms with Crippen LogP contribution in [0.1, 0.15) is 42.2 Å². The van der Waals surface area contributed by atoms with Gasteiger partial charge in [0.15, 0.2) is 0 Å². The van der Waals surface area contributed by atoms with Gasteiger partial charge in [-0.1, -0.05) is 12.1 Å². The minimum atomic E-state index is 0.425. The Kier molecular flexibility index (Phi) is 4.80. The summed E-state index contributed by atoms with van der Waals surface area (Å²) < 4.78 is 6.00. The zero-order chi connectivity index (χ0) is 19.6. The van der Waals surface area contributed by atoms with Gasteiger partial charge in [-0.15, -0.1) is 0 Å². The number of rotatable bonds is 6. The molecule has 3 heterocycles. The number of pyridine rings is 2. The first-order valence-electron chi connectivity index (χ1n) is 10.4. The maximum absolute atomic E-state index is 6.00. The van der Waals surface area contributed by atoms with Gasteiger partial charge in [-0.05, 0) is 60.6 Å². The van der Waals surface area contributed by atoms with Crippen LogP contribution in [0.25, 0.3) is 0 Å². The van der Waals surface area contributed by atoms with Crippen molar-refractivity contribution in [1.82, 2.24) is 9.97 Å². The molecule has 2 aliphatic rings. The lowest BCUT2D eigenvalue weighted by atomic mass is 9.92. The Labute approximate surface area is 171 Å². The van der Waals surface area contributed by atoms with Gasteiger partial charge in [0.25, 0.3) is 0 Å². The number of fused-ring (bicyclic) bond motifs is 1. The van der Waals surface area contributed by atoms with Crippen LogP contribution in [0, 0.1) is 0 Å². The van der Waals surface area contributed by atoms with Crippen molar-refractivity contribution in [2.75, 3.05) is 30.4 Å². The van der Waals surface area contributed by atoms with Crippen molar-refractivity contribution < 1.29 is 4.74 Å². The summed E-state index contributed by atoms with van der Waals surface area (Å²) in [5.74, 6) is 3.10. The molecule has 148 valence electrons. The summed E-state index contributed by atoms with van der Waals surface area (Å²) in [5.41, 5.74) is 4.77. The number of benzene rings is 1. The minimum Gasteiger partial charge on any atom is -0.493 e. The Balaban J connectivity index is 1.31. The molecule has 3 aromatic rings. The third-order valence-electron chi connectivity index (χ3n) is 5.93. The number of hydrogen-bond acceptors (Lipinski definition) is 5. The lowest BCUT2D eigenvalue weighted by Crippen LogP contribution is -2.21. The molecule has 0 spiro atoms. The minimum absolute atomic E-state index is 0.425. The molecular weight excluding hydrogens is 360 g/mol. The van der Waals surface area contributed by atoms with Crippen molar-refractivity contribution in [2.45, 2.75) is 31.1 Å². The molecule has 2 aromatic heterocycles. The van der Waals surface area contributed by atoms with E-state index in [1.54, 1.807) is 6.20 Å². The molecule has 1 saturated carbocycles. The van der Waals surface area contributed by atoms with Crippen LogP contribution in [0.15, 0.2) is 61.1 Å². The summed E-state index contributed by atoms with van der Waals surface area (Å²) in [6.07, 6.45) is 9.30. The molecule has 1 atom stereocenters. The van der Waals surface area contributed by atoms with E-state index in [2.05, 4.69) is 57.6 Å². The van der Waals surface area contributed by atoms with Crippen molar-refractivity contribution in [2.24, 2.45) is 0 Å². The highest BCUT2D eigenvalue weighted by molar-refractivity contribution is 5.63. The van der Waals surface area contributed by atoms with Crippen LogP contribution in [0.2, 0.25) is 0 Å². The highest BCUT2D eigenvalue weighted by atomic mass is 16.5. The molecule has 0 radical (unpaired) electrons. The summed E-state index contributed by atoms with van der Waals surface area (Å²) in [6, 6.07) is 14.8. The molecular formula is C24H26N4O. The van der Waals surface area contributed by atoms with Gasteiger partial charge in [0, 0.05) is 49.9 Å². The Morgan fingerprint density at radius 1 is 1.10 bits per heavy atom. The van der Waals surface area contributed by atoms with E-state index < -0.39 is 0 Å². The number of hydrogen-bond donors (Lipinski definition) is 1. The van der Waals surface area contributed by atoms with Gasteiger partial charge < -0.3 is 15.0 Å². The van der Waals surface area contributed by atoms with Crippen LogP contribution in [-0.4, -0.2) is 30.2 Å². The van der Waals surface area contributed by atoms with E-state index in [-0.39, 0.29) is 0 Å². The van der Waals surface area contributed by atoms with Crippen molar-refractivity contribution in [3.05, 3.63) is 72.2 Å². The van der Waals surface area contributed by atoms with Gasteiger partial charge >= 0.3 is 0 Å². The van der Waals surface area contributed by atoms with Crippen LogP contribution < -0.4 is 15.0 Å². The fraction of sp³-hybridized carbons (Fsp3) is 0.333. The van der Waals surface area contributed by atoms with Crippen molar-refractivity contribution in [1.29, 1.82) is 0 Å². The number of aromatic nitrogens is 2. The molecule has 0 saturated heterocycles. The third-order valence-corrected chi connectivity index (χ3v) is 5.93. The van der Waals surface area contributed by atoms with Gasteiger partial charge in [-0.25, -0.2) is 4.98 Å². The first-order valence-corrected chi connectivity index (χ1v) is 10.4. The molecule has 5 nitrogen and oxygen atoms in total. The van der Waals surface area contributed by atoms with Crippen molar-refractivity contribution in [3.8, 4) is 5.75 Å². The smallest absolute Gasteiger partial charge is 0.132 e. The Bertz CT molecular complexity index is 970. The summed E-state index contributed by atoms with van der Waals surface area (Å²) in [4.78, 5) is 11.0. The van der Waals surface area contributed by atoms with Gasteiger partial charge in [0.05, 0.1) is 12.3 Å². The number of ether oxygens (including phenoxy) is 1. The Hall–Kier alpha value is -3.08. The molecule has 1 aliphatic carbocycles. The molecule has 29 heavy (non-hydrogen) atoms. The molecule has 0 bridgehead atoms. The van der Waals surface area contributed by atoms with E-state index in [9.17, 15) is 0 Å². The standard InChI is InChI=1S/C24H26N4O/c1-28(24-9-6-18(14-27-24)17-4-5-17)21-7-8-22-19(10-12-29-23(22)13-21)15-26-20-3-2-11-25-16-20/h2-3,6-9,11,13-14,16-17,19,26H,4-5,10,12,15H2,1H3/t19-/m0/s1. The van der Waals surface area contributed by atoms with Crippen LogP contribution in [0.3, 0.4) is 0 Å². The summed E-state index contributed by atoms with van der Waals surface area (Å²) in [5, 5.41) is 3.50. The first-order chi connectivity index (χ1) is 14.3. The Morgan fingerprint density at radius 3 is 2.79 bits per heavy atom. The second-order valence-corrected chi connectivity index (χ2v) is 7.96. The summed E-state index contributed by atoms with van der Waals surface area (Å²) in [6.45, 7) is 1.62. The van der Waals surface area contributed by atoms with Crippen LogP contribution in [0.4, 0.5) is 17.2 Å². The SMILES string of the molecule is CN(c1ccc2c(c1)OCC[C@H]2CNc1cccnc1)c1ccc(C2CC2)cn1. The molecule has 1 aliphatic heterocycles. The third kappa shape index (κ3) is 3.90. The molecule has 5 heteroatoms. The highest BCUT2D eigenvalue weighted by Gasteiger charge is 2.24. The topological polar surface area (TPSA) is 50.3 Å². The van der Waals surface area contributed by atoms with E-state index in [0.717, 1.165) is 48.4 Å². The normalized spacial score (nSPS) is 17.9. The average Bonchev–Trinajstić information content (AvgIpc) is 3.63. The zero-order valence-corrected chi connectivity index (χ0v) is 16.7. The molecule has 0 unspecified atom stereocenters. The second-order valence-electron chi connectivity index (χ2n) is 7.96. The number of nitrogens with one attached hydrogen (secondary N) is 1. The quantitative estimate of drug-likeness (QED) is 0.639. The molecule has 1 N–H and O–H groups in total. The molecule has 1 aromatic carbocycles. The lowest BCUT2D eigenvalue weighted by molar-refractivity contribution is 0.270. The Morgan fingerprint density at radius 2 is 2.03 bits per heavy atom. The molecule has 5 rings (SSSR count). The van der Waals surface area contributed by atoms with E-state index in [0.29, 0.717) is 5.92 Å². The van der Waals surface area contributed by atoms with E-state index >= 15 is 0 Å². The van der Waals surface area contributed by atoms with Gasteiger partial charge in [0.2, 0.25) is 0 Å². The van der Waals surface area contributed by atoms with Crippen molar-refractivity contribution >= 4 is 17.2 Å². The molecule has 1 fully saturated rings. The maximum Gasteiger partial charge on any atom is 0.132 e. The van der Waals surface area contributed by atoms with Crippen LogP contribution in [-0.2, 0) is 0 Å². The van der Waals surface area contributed by atoms with Crippen LogP contribution in [0.5, 0.6) is 5.75 Å². The largest absolute Gasteiger partial charge is 0.493 e. The fourth-order valence-corrected chi connectivity index (χ4v) is 3.97.